The van der Waals surface area contributed by atoms with Crippen LogP contribution in [0.3, 0.4) is 0 Å². The van der Waals surface area contributed by atoms with E-state index in [2.05, 4.69) is 25.9 Å². The van der Waals surface area contributed by atoms with Gasteiger partial charge in [0.1, 0.15) is 4.60 Å². The molecule has 88 valence electrons. The van der Waals surface area contributed by atoms with Gasteiger partial charge in [-0.1, -0.05) is 0 Å². The van der Waals surface area contributed by atoms with Crippen molar-refractivity contribution in [2.75, 3.05) is 14.1 Å². The minimum absolute atomic E-state index is 0.0250. The molecule has 0 atom stereocenters. The fraction of sp³-hybridized carbons (Fsp3) is 0.167. The second-order valence-corrected chi connectivity index (χ2v) is 4.71. The van der Waals surface area contributed by atoms with Crippen LogP contribution >= 0.6 is 15.9 Å². The van der Waals surface area contributed by atoms with Gasteiger partial charge < -0.3 is 9.88 Å². The summed E-state index contributed by atoms with van der Waals surface area (Å²) in [5.41, 5.74) is 1.51. The number of aromatic amines is 1. The second kappa shape index (κ2) is 4.71. The fourth-order valence-corrected chi connectivity index (χ4v) is 1.84. The van der Waals surface area contributed by atoms with Crippen molar-refractivity contribution >= 4 is 32.6 Å². The van der Waals surface area contributed by atoms with E-state index in [1.54, 1.807) is 24.7 Å². The maximum atomic E-state index is 12.0. The fourth-order valence-electron chi connectivity index (χ4n) is 1.51. The van der Waals surface area contributed by atoms with Crippen LogP contribution in [0.15, 0.2) is 35.3 Å². The first kappa shape index (κ1) is 11.9. The lowest BCUT2D eigenvalue weighted by atomic mass is 10.1. The van der Waals surface area contributed by atoms with Gasteiger partial charge in [-0.05, 0) is 22.0 Å². The zero-order chi connectivity index (χ0) is 12.4. The number of aromatic nitrogens is 2. The number of fused-ring (bicyclic) bond motifs is 1. The van der Waals surface area contributed by atoms with Gasteiger partial charge >= 0.3 is 0 Å². The predicted molar refractivity (Wildman–Crippen MR) is 71.0 cm³/mol. The maximum Gasteiger partial charge on any atom is 0.189 e. The van der Waals surface area contributed by atoms with Gasteiger partial charge in [-0.25, -0.2) is 4.98 Å². The first-order valence-corrected chi connectivity index (χ1v) is 5.89. The zero-order valence-electron chi connectivity index (χ0n) is 9.57. The van der Waals surface area contributed by atoms with Crippen molar-refractivity contribution in [1.82, 2.24) is 14.9 Å². The molecule has 0 bridgehead atoms. The standard InChI is InChI=1S/C12H12BrN3O/c1-16(2)4-3-11(17)9-6-14-10-7-15-12(13)5-8(9)10/h3-7,14H,1-2H3/b4-3+. The molecule has 0 saturated heterocycles. The summed E-state index contributed by atoms with van der Waals surface area (Å²) in [5, 5.41) is 0.875. The maximum absolute atomic E-state index is 12.0. The molecule has 0 spiro atoms. The molecule has 2 heterocycles. The molecule has 17 heavy (non-hydrogen) atoms. The Morgan fingerprint density at radius 1 is 1.53 bits per heavy atom. The topological polar surface area (TPSA) is 49.0 Å². The van der Waals surface area contributed by atoms with E-state index in [1.165, 1.54) is 0 Å². The van der Waals surface area contributed by atoms with Crippen molar-refractivity contribution in [2.45, 2.75) is 0 Å². The Kier molecular flexibility index (Phi) is 3.28. The Morgan fingerprint density at radius 3 is 3.00 bits per heavy atom. The summed E-state index contributed by atoms with van der Waals surface area (Å²) >= 11 is 3.30. The van der Waals surface area contributed by atoms with Gasteiger partial charge in [0, 0.05) is 43.5 Å². The molecule has 0 aromatic carbocycles. The average Bonchev–Trinajstić information content (AvgIpc) is 2.68. The van der Waals surface area contributed by atoms with Gasteiger partial charge in [0.15, 0.2) is 5.78 Å². The summed E-state index contributed by atoms with van der Waals surface area (Å²) in [7, 11) is 3.75. The van der Waals surface area contributed by atoms with E-state index in [-0.39, 0.29) is 5.78 Å². The Labute approximate surface area is 107 Å². The van der Waals surface area contributed by atoms with Crippen LogP contribution in [-0.4, -0.2) is 34.7 Å². The number of carbonyl (C=O) groups is 1. The number of H-pyrrole nitrogens is 1. The number of nitrogens with zero attached hydrogens (tertiary/aromatic N) is 2. The van der Waals surface area contributed by atoms with E-state index in [9.17, 15) is 4.79 Å². The summed E-state index contributed by atoms with van der Waals surface area (Å²) in [6.07, 6.45) is 6.70. The van der Waals surface area contributed by atoms with E-state index in [1.807, 2.05) is 25.1 Å². The molecule has 2 aromatic rings. The molecule has 0 aliphatic heterocycles. The van der Waals surface area contributed by atoms with Crippen LogP contribution in [0.1, 0.15) is 10.4 Å². The molecule has 0 radical (unpaired) electrons. The number of halogens is 1. The molecule has 2 rings (SSSR count). The Bertz CT molecular complexity index is 586. The third-order valence-corrected chi connectivity index (χ3v) is 2.76. The number of allylic oxidation sites excluding steroid dienone is 1. The molecule has 0 aliphatic rings. The highest BCUT2D eigenvalue weighted by Gasteiger charge is 2.10. The smallest absolute Gasteiger partial charge is 0.189 e. The molecule has 5 heteroatoms. The third kappa shape index (κ3) is 2.55. The van der Waals surface area contributed by atoms with Crippen molar-refractivity contribution < 1.29 is 4.79 Å². The number of nitrogens with one attached hydrogen (secondary N) is 1. The molecule has 0 amide bonds. The number of hydrogen-bond acceptors (Lipinski definition) is 3. The van der Waals surface area contributed by atoms with Crippen LogP contribution in [-0.2, 0) is 0 Å². The minimum atomic E-state index is -0.0250. The van der Waals surface area contributed by atoms with Crippen LogP contribution in [0.2, 0.25) is 0 Å². The zero-order valence-corrected chi connectivity index (χ0v) is 11.2. The first-order chi connectivity index (χ1) is 8.08. The van der Waals surface area contributed by atoms with Crippen molar-refractivity contribution in [3.05, 3.63) is 40.9 Å². The Hall–Kier alpha value is -1.62. The normalized spacial score (nSPS) is 11.2. The van der Waals surface area contributed by atoms with E-state index >= 15 is 0 Å². The van der Waals surface area contributed by atoms with Gasteiger partial charge in [-0.3, -0.25) is 4.79 Å². The van der Waals surface area contributed by atoms with Crippen LogP contribution in [0.5, 0.6) is 0 Å². The van der Waals surface area contributed by atoms with E-state index in [0.29, 0.717) is 5.56 Å². The summed E-state index contributed by atoms with van der Waals surface area (Å²) in [5.74, 6) is -0.0250. The Morgan fingerprint density at radius 2 is 2.29 bits per heavy atom. The SMILES string of the molecule is CN(C)/C=C/C(=O)c1c[nH]c2cnc(Br)cc12. The first-order valence-electron chi connectivity index (χ1n) is 5.09. The lowest BCUT2D eigenvalue weighted by molar-refractivity contribution is 0.104. The predicted octanol–water partition coefficient (Wildman–Crippen LogP) is 2.58. The third-order valence-electron chi connectivity index (χ3n) is 2.32. The minimum Gasteiger partial charge on any atom is -0.383 e. The average molecular weight is 294 g/mol. The summed E-state index contributed by atoms with van der Waals surface area (Å²) in [6, 6.07) is 1.84. The van der Waals surface area contributed by atoms with Crippen LogP contribution in [0, 0.1) is 0 Å². The molecule has 0 saturated carbocycles. The molecule has 4 nitrogen and oxygen atoms in total. The number of hydrogen-bond donors (Lipinski definition) is 1. The highest BCUT2D eigenvalue weighted by Crippen LogP contribution is 2.21. The second-order valence-electron chi connectivity index (χ2n) is 3.90. The molecular weight excluding hydrogens is 282 g/mol. The quantitative estimate of drug-likeness (QED) is 0.538. The van der Waals surface area contributed by atoms with Gasteiger partial charge in [0.25, 0.3) is 0 Å². The van der Waals surface area contributed by atoms with Crippen molar-refractivity contribution in [2.24, 2.45) is 0 Å². The molecule has 0 aliphatic carbocycles. The van der Waals surface area contributed by atoms with Crippen LogP contribution in [0.4, 0.5) is 0 Å². The van der Waals surface area contributed by atoms with Gasteiger partial charge in [-0.15, -0.1) is 0 Å². The molecule has 0 fully saturated rings. The highest BCUT2D eigenvalue weighted by atomic mass is 79.9. The number of carbonyl (C=O) groups excluding carboxylic acids is 1. The van der Waals surface area contributed by atoms with Crippen LogP contribution in [0.25, 0.3) is 10.9 Å². The summed E-state index contributed by atoms with van der Waals surface area (Å²) in [6.45, 7) is 0. The lowest BCUT2D eigenvalue weighted by Crippen LogP contribution is -2.02. The van der Waals surface area contributed by atoms with E-state index < -0.39 is 0 Å². The summed E-state index contributed by atoms with van der Waals surface area (Å²) in [4.78, 5) is 20.9. The number of pyridine rings is 1. The van der Waals surface area contributed by atoms with Gasteiger partial charge in [0.05, 0.1) is 11.7 Å². The lowest BCUT2D eigenvalue weighted by Gasteiger charge is -2.02. The van der Waals surface area contributed by atoms with E-state index in [4.69, 9.17) is 0 Å². The van der Waals surface area contributed by atoms with E-state index in [0.717, 1.165) is 15.5 Å². The van der Waals surface area contributed by atoms with Gasteiger partial charge in [-0.2, -0.15) is 0 Å². The molecule has 2 aromatic heterocycles. The molecule has 1 N–H and O–H groups in total. The monoisotopic (exact) mass is 293 g/mol. The van der Waals surface area contributed by atoms with Crippen molar-refractivity contribution in [3.8, 4) is 0 Å². The molecular formula is C12H12BrN3O. The largest absolute Gasteiger partial charge is 0.383 e. The van der Waals surface area contributed by atoms with Crippen LogP contribution < -0.4 is 0 Å². The molecule has 0 unspecified atom stereocenters. The highest BCUT2D eigenvalue weighted by molar-refractivity contribution is 9.10. The van der Waals surface area contributed by atoms with Gasteiger partial charge in [0.2, 0.25) is 0 Å². The Balaban J connectivity index is 2.42. The number of rotatable bonds is 3. The number of ketones is 1. The van der Waals surface area contributed by atoms with Crippen molar-refractivity contribution in [1.29, 1.82) is 0 Å². The van der Waals surface area contributed by atoms with Crippen molar-refractivity contribution in [3.63, 3.8) is 0 Å². The summed E-state index contributed by atoms with van der Waals surface area (Å²) < 4.78 is 0.718.